The van der Waals surface area contributed by atoms with Crippen LogP contribution < -0.4 is 9.80 Å². The van der Waals surface area contributed by atoms with Crippen molar-refractivity contribution >= 4 is 66.4 Å². The Labute approximate surface area is 332 Å². The molecule has 57 heavy (non-hydrogen) atoms. The Bertz CT molecular complexity index is 3070. The topological polar surface area (TPSA) is 30.3 Å². The molecule has 3 nitrogen and oxygen atoms in total. The van der Waals surface area contributed by atoms with Gasteiger partial charge < -0.3 is 9.80 Å². The van der Waals surface area contributed by atoms with Gasteiger partial charge in [0.2, 0.25) is 0 Å². The third-order valence-electron chi connectivity index (χ3n) is 11.1. The first-order valence-corrected chi connectivity index (χ1v) is 19.3. The monoisotopic (exact) mass is 727 g/mol. The van der Waals surface area contributed by atoms with Crippen LogP contribution in [0.15, 0.2) is 206 Å². The minimum Gasteiger partial charge on any atom is -0.309 e. The van der Waals surface area contributed by atoms with E-state index < -0.39 is 0 Å². The smallest absolute Gasteiger partial charge is 0.0991 e. The number of benzene rings is 10. The van der Waals surface area contributed by atoms with Crippen LogP contribution in [-0.4, -0.2) is 0 Å². The zero-order valence-electron chi connectivity index (χ0n) is 31.5. The fraction of sp³-hybridized carbons (Fsp3) is 0.0185. The standard InChI is InChI=1S/C54H37N3/c1-37-20-28-43(29-21-37)56(49-18-10-8-16-45(49)39-12-4-2-5-13-39)51-34-26-41-25-33-48-52(35-27-42-24-32-47(51)53(41)54(42)48)57(44-30-22-38(36-55)23-31-44)50-19-11-9-17-46(50)40-14-6-3-7-15-40/h2-35H,1H3. The molecule has 268 valence electrons. The summed E-state index contributed by atoms with van der Waals surface area (Å²) >= 11 is 0. The van der Waals surface area contributed by atoms with Gasteiger partial charge in [0.1, 0.15) is 0 Å². The molecule has 3 heteroatoms. The summed E-state index contributed by atoms with van der Waals surface area (Å²) in [6.07, 6.45) is 0. The number of hydrogen-bond donors (Lipinski definition) is 0. The van der Waals surface area contributed by atoms with Gasteiger partial charge >= 0.3 is 0 Å². The summed E-state index contributed by atoms with van der Waals surface area (Å²) in [5, 5.41) is 16.9. The molecule has 0 aliphatic carbocycles. The van der Waals surface area contributed by atoms with Crippen LogP contribution in [0.5, 0.6) is 0 Å². The first-order chi connectivity index (χ1) is 28.2. The lowest BCUT2D eigenvalue weighted by molar-refractivity contribution is 1.29. The highest BCUT2D eigenvalue weighted by molar-refractivity contribution is 6.28. The second-order valence-corrected chi connectivity index (χ2v) is 14.5. The lowest BCUT2D eigenvalue weighted by Crippen LogP contribution is -2.12. The average Bonchev–Trinajstić information content (AvgIpc) is 3.28. The predicted molar refractivity (Wildman–Crippen MR) is 240 cm³/mol. The van der Waals surface area contributed by atoms with E-state index in [-0.39, 0.29) is 0 Å². The second kappa shape index (κ2) is 14.2. The molecule has 0 amide bonds. The van der Waals surface area contributed by atoms with Crippen molar-refractivity contribution in [1.29, 1.82) is 5.26 Å². The maximum atomic E-state index is 9.72. The van der Waals surface area contributed by atoms with Crippen molar-refractivity contribution in [2.24, 2.45) is 0 Å². The lowest BCUT2D eigenvalue weighted by Gasteiger charge is -2.31. The van der Waals surface area contributed by atoms with E-state index in [0.717, 1.165) is 50.6 Å². The van der Waals surface area contributed by atoms with E-state index >= 15 is 0 Å². The largest absolute Gasteiger partial charge is 0.309 e. The van der Waals surface area contributed by atoms with Gasteiger partial charge in [-0.25, -0.2) is 0 Å². The van der Waals surface area contributed by atoms with Crippen molar-refractivity contribution in [1.82, 2.24) is 0 Å². The molecule has 0 aromatic heterocycles. The number of para-hydroxylation sites is 2. The molecule has 0 radical (unpaired) electrons. The van der Waals surface area contributed by atoms with Crippen LogP contribution in [0.3, 0.4) is 0 Å². The summed E-state index contributed by atoms with van der Waals surface area (Å²) in [5.41, 5.74) is 12.9. The highest BCUT2D eigenvalue weighted by atomic mass is 15.2. The molecule has 0 saturated carbocycles. The molecule has 0 bridgehead atoms. The fourth-order valence-corrected chi connectivity index (χ4v) is 8.42. The van der Waals surface area contributed by atoms with Crippen LogP contribution in [0, 0.1) is 18.3 Å². The van der Waals surface area contributed by atoms with Crippen LogP contribution in [0.4, 0.5) is 34.1 Å². The molecule has 10 rings (SSSR count). The number of nitrogens with zero attached hydrogens (tertiary/aromatic N) is 3. The SMILES string of the molecule is Cc1ccc(N(c2ccccc2-c2ccccc2)c2ccc3ccc4c(N(c5ccc(C#N)cc5)c5ccccc5-c5ccccc5)ccc5ccc2c3c54)cc1. The van der Waals surface area contributed by atoms with Crippen LogP contribution in [0.2, 0.25) is 0 Å². The Kier molecular flexibility index (Phi) is 8.43. The Hall–Kier alpha value is -7.67. The molecule has 0 atom stereocenters. The number of aryl methyl sites for hydroxylation is 1. The molecule has 10 aromatic rings. The first-order valence-electron chi connectivity index (χ1n) is 19.3. The molecular formula is C54H37N3. The van der Waals surface area contributed by atoms with E-state index in [1.54, 1.807) is 0 Å². The number of hydrogen-bond acceptors (Lipinski definition) is 3. The molecule has 0 aliphatic heterocycles. The van der Waals surface area contributed by atoms with Gasteiger partial charge in [-0.05, 0) is 100 Å². The number of anilines is 6. The highest BCUT2D eigenvalue weighted by Crippen LogP contribution is 2.49. The van der Waals surface area contributed by atoms with Gasteiger partial charge in [0.25, 0.3) is 0 Å². The number of rotatable bonds is 8. The average molecular weight is 728 g/mol. The minimum absolute atomic E-state index is 0.630. The van der Waals surface area contributed by atoms with Crippen LogP contribution in [-0.2, 0) is 0 Å². The minimum atomic E-state index is 0.630. The van der Waals surface area contributed by atoms with Gasteiger partial charge in [-0.15, -0.1) is 0 Å². The maximum absolute atomic E-state index is 9.72. The van der Waals surface area contributed by atoms with Gasteiger partial charge in [-0.2, -0.15) is 5.26 Å². The van der Waals surface area contributed by atoms with Crippen molar-refractivity contribution in [3.63, 3.8) is 0 Å². The zero-order chi connectivity index (χ0) is 38.3. The van der Waals surface area contributed by atoms with Gasteiger partial charge in [0.05, 0.1) is 34.4 Å². The summed E-state index contributed by atoms with van der Waals surface area (Å²) in [6, 6.07) is 75.8. The summed E-state index contributed by atoms with van der Waals surface area (Å²) in [6.45, 7) is 2.14. The van der Waals surface area contributed by atoms with Gasteiger partial charge in [0, 0.05) is 33.3 Å². The Morgan fingerprint density at radius 1 is 0.368 bits per heavy atom. The molecule has 0 spiro atoms. The van der Waals surface area contributed by atoms with Crippen LogP contribution >= 0.6 is 0 Å². The normalized spacial score (nSPS) is 11.2. The lowest BCUT2D eigenvalue weighted by atomic mass is 9.91. The van der Waals surface area contributed by atoms with Crippen LogP contribution in [0.25, 0.3) is 54.6 Å². The Balaban J connectivity index is 1.24. The predicted octanol–water partition coefficient (Wildman–Crippen LogP) is 15.0. The third kappa shape index (κ3) is 5.92. The number of nitriles is 1. The fourth-order valence-electron chi connectivity index (χ4n) is 8.42. The zero-order valence-corrected chi connectivity index (χ0v) is 31.5. The van der Waals surface area contributed by atoms with E-state index in [9.17, 15) is 5.26 Å². The molecule has 0 fully saturated rings. The second-order valence-electron chi connectivity index (χ2n) is 14.5. The van der Waals surface area contributed by atoms with Crippen molar-refractivity contribution in [3.8, 4) is 28.3 Å². The molecule has 0 saturated heterocycles. The summed E-state index contributed by atoms with van der Waals surface area (Å²) in [7, 11) is 0. The molecule has 0 N–H and O–H groups in total. The Morgan fingerprint density at radius 2 is 0.772 bits per heavy atom. The van der Waals surface area contributed by atoms with Crippen LogP contribution in [0.1, 0.15) is 11.1 Å². The van der Waals surface area contributed by atoms with E-state index in [1.165, 1.54) is 43.6 Å². The summed E-state index contributed by atoms with van der Waals surface area (Å²) in [5.74, 6) is 0. The molecular weight excluding hydrogens is 691 g/mol. The molecule has 0 heterocycles. The third-order valence-corrected chi connectivity index (χ3v) is 11.1. The van der Waals surface area contributed by atoms with Crippen molar-refractivity contribution in [2.45, 2.75) is 6.92 Å². The highest BCUT2D eigenvalue weighted by Gasteiger charge is 2.24. The van der Waals surface area contributed by atoms with Gasteiger partial charge in [-0.3, -0.25) is 0 Å². The van der Waals surface area contributed by atoms with E-state index in [1.807, 2.05) is 12.1 Å². The summed E-state index contributed by atoms with van der Waals surface area (Å²) < 4.78 is 0. The molecule has 0 aliphatic rings. The van der Waals surface area contributed by atoms with Crippen molar-refractivity contribution in [2.75, 3.05) is 9.80 Å². The van der Waals surface area contributed by atoms with E-state index in [0.29, 0.717) is 5.56 Å². The summed E-state index contributed by atoms with van der Waals surface area (Å²) in [4.78, 5) is 4.78. The van der Waals surface area contributed by atoms with Gasteiger partial charge in [0.15, 0.2) is 0 Å². The van der Waals surface area contributed by atoms with E-state index in [4.69, 9.17) is 0 Å². The van der Waals surface area contributed by atoms with E-state index in [2.05, 4.69) is 217 Å². The first kappa shape index (κ1) is 33.9. The Morgan fingerprint density at radius 3 is 1.23 bits per heavy atom. The van der Waals surface area contributed by atoms with Crippen molar-refractivity contribution in [3.05, 3.63) is 217 Å². The molecule has 10 aromatic carbocycles. The quantitative estimate of drug-likeness (QED) is 0.146. The van der Waals surface area contributed by atoms with Gasteiger partial charge in [-0.1, -0.05) is 151 Å². The molecule has 0 unspecified atom stereocenters. The van der Waals surface area contributed by atoms with Crippen molar-refractivity contribution < 1.29 is 0 Å². The maximum Gasteiger partial charge on any atom is 0.0991 e.